The summed E-state index contributed by atoms with van der Waals surface area (Å²) in [6.07, 6.45) is -3.57. The number of hydrogen-bond donors (Lipinski definition) is 1. The summed E-state index contributed by atoms with van der Waals surface area (Å²) >= 11 is 0. The maximum atomic E-state index is 12.8. The van der Waals surface area contributed by atoms with Gasteiger partial charge in [0.05, 0.1) is 0 Å². The number of hydrogen-bond acceptors (Lipinski definition) is 3. The SMILES string of the molecule is CC(C)C(N)c1ccc2c(c1)OC(F)(F)O2. The molecule has 5 heteroatoms. The van der Waals surface area contributed by atoms with Crippen molar-refractivity contribution in [3.8, 4) is 11.5 Å². The lowest BCUT2D eigenvalue weighted by Gasteiger charge is -2.15. The number of alkyl halides is 2. The summed E-state index contributed by atoms with van der Waals surface area (Å²) in [4.78, 5) is 0. The maximum Gasteiger partial charge on any atom is 0.586 e. The zero-order valence-electron chi connectivity index (χ0n) is 9.04. The normalized spacial score (nSPS) is 18.9. The Kier molecular flexibility index (Phi) is 2.50. The third-order valence-electron chi connectivity index (χ3n) is 2.53. The second kappa shape index (κ2) is 3.59. The molecule has 0 aromatic heterocycles. The summed E-state index contributed by atoms with van der Waals surface area (Å²) < 4.78 is 34.2. The van der Waals surface area contributed by atoms with Crippen LogP contribution in [-0.2, 0) is 0 Å². The molecule has 2 rings (SSSR count). The first-order valence-electron chi connectivity index (χ1n) is 5.04. The van der Waals surface area contributed by atoms with Crippen molar-refractivity contribution in [2.45, 2.75) is 26.2 Å². The Morgan fingerprint density at radius 1 is 1.19 bits per heavy atom. The zero-order chi connectivity index (χ0) is 11.9. The van der Waals surface area contributed by atoms with E-state index in [0.717, 1.165) is 5.56 Å². The Labute approximate surface area is 92.1 Å². The van der Waals surface area contributed by atoms with Gasteiger partial charge in [0.15, 0.2) is 11.5 Å². The second-order valence-electron chi connectivity index (χ2n) is 4.14. The molecule has 1 unspecified atom stereocenters. The predicted molar refractivity (Wildman–Crippen MR) is 54.4 cm³/mol. The van der Waals surface area contributed by atoms with Gasteiger partial charge in [-0.3, -0.25) is 0 Å². The second-order valence-corrected chi connectivity index (χ2v) is 4.14. The van der Waals surface area contributed by atoms with Gasteiger partial charge in [-0.15, -0.1) is 8.78 Å². The number of benzene rings is 1. The molecule has 0 bridgehead atoms. The minimum absolute atomic E-state index is 0.0404. The molecule has 1 atom stereocenters. The minimum Gasteiger partial charge on any atom is -0.395 e. The Hall–Kier alpha value is -1.36. The number of nitrogens with two attached hydrogens (primary N) is 1. The van der Waals surface area contributed by atoms with Crippen LogP contribution in [0.4, 0.5) is 8.78 Å². The molecular weight excluding hydrogens is 216 g/mol. The Balaban J connectivity index is 2.29. The van der Waals surface area contributed by atoms with Gasteiger partial charge in [0, 0.05) is 6.04 Å². The van der Waals surface area contributed by atoms with Crippen LogP contribution >= 0.6 is 0 Å². The van der Waals surface area contributed by atoms with Crippen molar-refractivity contribution in [3.05, 3.63) is 23.8 Å². The van der Waals surface area contributed by atoms with E-state index in [1.54, 1.807) is 6.07 Å². The summed E-state index contributed by atoms with van der Waals surface area (Å²) in [5, 5.41) is 0. The van der Waals surface area contributed by atoms with Crippen molar-refractivity contribution in [2.75, 3.05) is 0 Å². The maximum absolute atomic E-state index is 12.8. The van der Waals surface area contributed by atoms with Gasteiger partial charge < -0.3 is 15.2 Å². The number of halogens is 2. The van der Waals surface area contributed by atoms with E-state index in [0.29, 0.717) is 0 Å². The van der Waals surface area contributed by atoms with Crippen molar-refractivity contribution in [1.29, 1.82) is 0 Å². The molecule has 1 aromatic rings. The van der Waals surface area contributed by atoms with Crippen molar-refractivity contribution >= 4 is 0 Å². The highest BCUT2D eigenvalue weighted by Crippen LogP contribution is 2.42. The molecule has 1 heterocycles. The van der Waals surface area contributed by atoms with Crippen molar-refractivity contribution in [3.63, 3.8) is 0 Å². The molecule has 1 aromatic carbocycles. The zero-order valence-corrected chi connectivity index (χ0v) is 9.04. The van der Waals surface area contributed by atoms with Gasteiger partial charge in [0.25, 0.3) is 0 Å². The molecule has 88 valence electrons. The third-order valence-corrected chi connectivity index (χ3v) is 2.53. The summed E-state index contributed by atoms with van der Waals surface area (Å²) in [5.41, 5.74) is 6.67. The lowest BCUT2D eigenvalue weighted by Crippen LogP contribution is -2.26. The molecule has 1 aliphatic heterocycles. The minimum atomic E-state index is -3.57. The highest BCUT2D eigenvalue weighted by molar-refractivity contribution is 5.46. The largest absolute Gasteiger partial charge is 0.586 e. The van der Waals surface area contributed by atoms with Gasteiger partial charge in [-0.2, -0.15) is 0 Å². The molecule has 0 saturated heterocycles. The fourth-order valence-corrected chi connectivity index (χ4v) is 1.56. The first-order valence-corrected chi connectivity index (χ1v) is 5.04. The van der Waals surface area contributed by atoms with E-state index in [1.807, 2.05) is 13.8 Å². The van der Waals surface area contributed by atoms with Crippen molar-refractivity contribution in [2.24, 2.45) is 11.7 Å². The molecule has 0 amide bonds. The van der Waals surface area contributed by atoms with Gasteiger partial charge in [-0.05, 0) is 23.6 Å². The summed E-state index contributed by atoms with van der Waals surface area (Å²) in [5.74, 6) is 0.309. The topological polar surface area (TPSA) is 44.5 Å². The van der Waals surface area contributed by atoms with Crippen LogP contribution in [0.2, 0.25) is 0 Å². The average molecular weight is 229 g/mol. The molecule has 0 aliphatic carbocycles. The van der Waals surface area contributed by atoms with E-state index >= 15 is 0 Å². The van der Waals surface area contributed by atoms with Crippen molar-refractivity contribution < 1.29 is 18.3 Å². The van der Waals surface area contributed by atoms with Crippen LogP contribution in [0.25, 0.3) is 0 Å². The van der Waals surface area contributed by atoms with Gasteiger partial charge in [0.1, 0.15) is 0 Å². The molecule has 0 fully saturated rings. The first-order chi connectivity index (χ1) is 7.39. The quantitative estimate of drug-likeness (QED) is 0.847. The third kappa shape index (κ3) is 1.95. The first kappa shape index (κ1) is 11.1. The van der Waals surface area contributed by atoms with Crippen LogP contribution in [0.1, 0.15) is 25.5 Å². The van der Waals surface area contributed by atoms with Gasteiger partial charge in [-0.1, -0.05) is 19.9 Å². The van der Waals surface area contributed by atoms with E-state index in [2.05, 4.69) is 9.47 Å². The van der Waals surface area contributed by atoms with E-state index in [-0.39, 0.29) is 23.5 Å². The lowest BCUT2D eigenvalue weighted by atomic mass is 9.97. The summed E-state index contributed by atoms with van der Waals surface area (Å²) in [6.45, 7) is 3.92. The monoisotopic (exact) mass is 229 g/mol. The lowest BCUT2D eigenvalue weighted by molar-refractivity contribution is -0.286. The van der Waals surface area contributed by atoms with E-state index in [4.69, 9.17) is 5.73 Å². The van der Waals surface area contributed by atoms with Gasteiger partial charge >= 0.3 is 6.29 Å². The fraction of sp³-hybridized carbons (Fsp3) is 0.455. The number of fused-ring (bicyclic) bond motifs is 1. The molecule has 2 N–H and O–H groups in total. The Morgan fingerprint density at radius 2 is 1.81 bits per heavy atom. The van der Waals surface area contributed by atoms with Crippen molar-refractivity contribution in [1.82, 2.24) is 0 Å². The van der Waals surface area contributed by atoms with Crippen LogP contribution in [0.5, 0.6) is 11.5 Å². The molecule has 16 heavy (non-hydrogen) atoms. The number of ether oxygens (including phenoxy) is 2. The van der Waals surface area contributed by atoms with Crippen LogP contribution in [-0.4, -0.2) is 6.29 Å². The Morgan fingerprint density at radius 3 is 2.44 bits per heavy atom. The smallest absolute Gasteiger partial charge is 0.395 e. The van der Waals surface area contributed by atoms with E-state index < -0.39 is 6.29 Å². The van der Waals surface area contributed by atoms with E-state index in [9.17, 15) is 8.78 Å². The predicted octanol–water partition coefficient (Wildman–Crippen LogP) is 2.66. The molecule has 0 saturated carbocycles. The average Bonchev–Trinajstić information content (AvgIpc) is 2.48. The molecular formula is C11H13F2NO2. The van der Waals surface area contributed by atoms with Gasteiger partial charge in [0.2, 0.25) is 0 Å². The summed E-state index contributed by atoms with van der Waals surface area (Å²) in [6, 6.07) is 4.42. The van der Waals surface area contributed by atoms with Crippen LogP contribution in [0, 0.1) is 5.92 Å². The standard InChI is InChI=1S/C11H13F2NO2/c1-6(2)10(14)7-3-4-8-9(5-7)16-11(12,13)15-8/h3-6,10H,14H2,1-2H3. The van der Waals surface area contributed by atoms with Gasteiger partial charge in [-0.25, -0.2) is 0 Å². The van der Waals surface area contributed by atoms with Crippen LogP contribution in [0.3, 0.4) is 0 Å². The highest BCUT2D eigenvalue weighted by Gasteiger charge is 2.43. The fourth-order valence-electron chi connectivity index (χ4n) is 1.56. The Bertz CT molecular complexity index is 407. The van der Waals surface area contributed by atoms with E-state index in [1.165, 1.54) is 12.1 Å². The molecule has 0 radical (unpaired) electrons. The van der Waals surface area contributed by atoms with Crippen LogP contribution < -0.4 is 15.2 Å². The van der Waals surface area contributed by atoms with Crippen LogP contribution in [0.15, 0.2) is 18.2 Å². The molecule has 0 spiro atoms. The molecule has 3 nitrogen and oxygen atoms in total. The number of rotatable bonds is 2. The summed E-state index contributed by atoms with van der Waals surface area (Å²) in [7, 11) is 0. The highest BCUT2D eigenvalue weighted by atomic mass is 19.3. The molecule has 1 aliphatic rings.